The third-order valence-electron chi connectivity index (χ3n) is 3.81. The zero-order valence-electron chi connectivity index (χ0n) is 13.7. The van der Waals surface area contributed by atoms with Crippen LogP contribution in [-0.4, -0.2) is 41.0 Å². The summed E-state index contributed by atoms with van der Waals surface area (Å²) in [4.78, 5) is 19.3. The van der Waals surface area contributed by atoms with E-state index in [1.807, 2.05) is 0 Å². The molecule has 0 saturated carbocycles. The van der Waals surface area contributed by atoms with E-state index in [2.05, 4.69) is 25.3 Å². The third kappa shape index (κ3) is 3.39. The molecular weight excluding hydrogens is 401 g/mol. The van der Waals surface area contributed by atoms with Gasteiger partial charge in [0.15, 0.2) is 11.6 Å². The molecule has 2 N–H and O–H groups in total. The van der Waals surface area contributed by atoms with E-state index in [9.17, 15) is 18.0 Å². The average molecular weight is 411 g/mol. The van der Waals surface area contributed by atoms with Crippen molar-refractivity contribution >= 4 is 29.3 Å². The van der Waals surface area contributed by atoms with Crippen molar-refractivity contribution in [1.29, 1.82) is 0 Å². The number of nitrogens with one attached hydrogen (secondary N) is 1. The summed E-state index contributed by atoms with van der Waals surface area (Å²) in [7, 11) is 0. The minimum absolute atomic E-state index is 0. The first-order chi connectivity index (χ1) is 12.8. The molecule has 4 rings (SSSR count). The second kappa shape index (κ2) is 6.93. The van der Waals surface area contributed by atoms with E-state index in [-0.39, 0.29) is 40.7 Å². The van der Waals surface area contributed by atoms with Gasteiger partial charge in [0.25, 0.3) is 0 Å². The second-order valence-electron chi connectivity index (χ2n) is 5.55. The second-order valence-corrected chi connectivity index (χ2v) is 5.55. The molecule has 0 aliphatic heterocycles. The molecule has 12 heteroatoms. The van der Waals surface area contributed by atoms with E-state index < -0.39 is 17.7 Å². The Labute approximate surface area is 160 Å². The van der Waals surface area contributed by atoms with Crippen molar-refractivity contribution in [2.24, 2.45) is 0 Å². The summed E-state index contributed by atoms with van der Waals surface area (Å²) in [5, 5.41) is 19.8. The lowest BCUT2D eigenvalue weighted by Gasteiger charge is -2.06. The minimum atomic E-state index is -4.49. The number of aromatic nitrogens is 6. The standard InChI is InChI=1S/C16H9F3N6O2.ClH/c17-16(18,19)9-1-2-11-10(5-9)13(24-23-11)14-20-4-3-12(22-14)25-7-8(6-21-25)15(26)27;/h1-7H,(H,23,24)(H,26,27);1H. The molecule has 0 atom stereocenters. The van der Waals surface area contributed by atoms with Gasteiger partial charge in [-0.15, -0.1) is 12.4 Å². The molecule has 1 aromatic carbocycles. The molecule has 0 bridgehead atoms. The highest BCUT2D eigenvalue weighted by molar-refractivity contribution is 5.91. The number of halogens is 4. The number of hydrogen-bond acceptors (Lipinski definition) is 5. The van der Waals surface area contributed by atoms with E-state index in [1.54, 1.807) is 0 Å². The largest absolute Gasteiger partial charge is 0.478 e. The first-order valence-electron chi connectivity index (χ1n) is 7.50. The number of carboxylic acids is 1. The van der Waals surface area contributed by atoms with Crippen LogP contribution in [0.4, 0.5) is 13.2 Å². The SMILES string of the molecule is Cl.O=C(O)c1cnn(-c2ccnc(-c3n[nH]c4ccc(C(F)(F)F)cc34)n2)c1. The third-order valence-corrected chi connectivity index (χ3v) is 3.81. The average Bonchev–Trinajstić information content (AvgIpc) is 3.28. The normalized spacial score (nSPS) is 11.4. The monoisotopic (exact) mass is 410 g/mol. The van der Waals surface area contributed by atoms with Gasteiger partial charge in [0, 0.05) is 23.8 Å². The number of carbonyl (C=O) groups is 1. The Kier molecular flexibility index (Phi) is 4.77. The lowest BCUT2D eigenvalue weighted by molar-refractivity contribution is -0.137. The van der Waals surface area contributed by atoms with E-state index in [0.717, 1.165) is 18.3 Å². The van der Waals surface area contributed by atoms with Crippen LogP contribution in [0.1, 0.15) is 15.9 Å². The molecule has 0 unspecified atom stereocenters. The molecular formula is C16H10ClF3N6O2. The summed E-state index contributed by atoms with van der Waals surface area (Å²) in [6.07, 6.45) is -0.690. The predicted molar refractivity (Wildman–Crippen MR) is 93.5 cm³/mol. The summed E-state index contributed by atoms with van der Waals surface area (Å²) >= 11 is 0. The van der Waals surface area contributed by atoms with Crippen LogP contribution in [0.15, 0.2) is 42.9 Å². The van der Waals surface area contributed by atoms with Crippen LogP contribution in [0.2, 0.25) is 0 Å². The Balaban J connectivity index is 0.00000225. The van der Waals surface area contributed by atoms with Crippen LogP contribution in [0.3, 0.4) is 0 Å². The first kappa shape index (κ1) is 19.3. The highest BCUT2D eigenvalue weighted by Gasteiger charge is 2.31. The molecule has 0 amide bonds. The molecule has 0 radical (unpaired) electrons. The number of nitrogens with zero attached hydrogens (tertiary/aromatic N) is 5. The molecule has 0 aliphatic carbocycles. The van der Waals surface area contributed by atoms with Gasteiger partial charge in [-0.2, -0.15) is 23.4 Å². The predicted octanol–water partition coefficient (Wildman–Crippen LogP) is 3.34. The van der Waals surface area contributed by atoms with Crippen LogP contribution < -0.4 is 0 Å². The number of alkyl halides is 3. The Morgan fingerprint density at radius 2 is 2.00 bits per heavy atom. The smallest absolute Gasteiger partial charge is 0.416 e. The number of rotatable bonds is 3. The van der Waals surface area contributed by atoms with E-state index in [1.165, 1.54) is 29.2 Å². The summed E-state index contributed by atoms with van der Waals surface area (Å²) in [6, 6.07) is 4.70. The van der Waals surface area contributed by atoms with Gasteiger partial charge in [0.05, 0.1) is 22.8 Å². The van der Waals surface area contributed by atoms with Crippen LogP contribution in [0.5, 0.6) is 0 Å². The van der Waals surface area contributed by atoms with Gasteiger partial charge < -0.3 is 5.11 Å². The molecule has 3 aromatic heterocycles. The molecule has 0 saturated heterocycles. The number of hydrogen-bond donors (Lipinski definition) is 2. The lowest BCUT2D eigenvalue weighted by atomic mass is 10.1. The lowest BCUT2D eigenvalue weighted by Crippen LogP contribution is -2.04. The van der Waals surface area contributed by atoms with Crippen LogP contribution in [0.25, 0.3) is 28.2 Å². The van der Waals surface area contributed by atoms with Gasteiger partial charge in [-0.1, -0.05) is 0 Å². The van der Waals surface area contributed by atoms with Gasteiger partial charge >= 0.3 is 12.1 Å². The number of aromatic carboxylic acids is 1. The number of fused-ring (bicyclic) bond motifs is 1. The van der Waals surface area contributed by atoms with Crippen LogP contribution in [0, 0.1) is 0 Å². The highest BCUT2D eigenvalue weighted by atomic mass is 35.5. The summed E-state index contributed by atoms with van der Waals surface area (Å²) in [5.74, 6) is -0.824. The first-order valence-corrected chi connectivity index (χ1v) is 7.50. The number of carboxylic acid groups (broad SMARTS) is 1. The van der Waals surface area contributed by atoms with Gasteiger partial charge in [0.1, 0.15) is 5.69 Å². The molecule has 144 valence electrons. The van der Waals surface area contributed by atoms with E-state index in [4.69, 9.17) is 5.11 Å². The molecule has 0 spiro atoms. The van der Waals surface area contributed by atoms with Gasteiger partial charge in [0.2, 0.25) is 0 Å². The van der Waals surface area contributed by atoms with Crippen LogP contribution >= 0.6 is 12.4 Å². The molecule has 28 heavy (non-hydrogen) atoms. The maximum absolute atomic E-state index is 13.0. The van der Waals surface area contributed by atoms with Crippen molar-refractivity contribution in [3.05, 3.63) is 54.0 Å². The maximum atomic E-state index is 13.0. The summed E-state index contributed by atoms with van der Waals surface area (Å²) < 4.78 is 40.2. The number of H-pyrrole nitrogens is 1. The topological polar surface area (TPSA) is 110 Å². The van der Waals surface area contributed by atoms with Crippen LogP contribution in [-0.2, 0) is 6.18 Å². The summed E-state index contributed by atoms with van der Waals surface area (Å²) in [6.45, 7) is 0. The van der Waals surface area contributed by atoms with Crippen molar-refractivity contribution in [3.63, 3.8) is 0 Å². The van der Waals surface area contributed by atoms with Crippen molar-refractivity contribution in [2.45, 2.75) is 6.18 Å². The van der Waals surface area contributed by atoms with Crippen molar-refractivity contribution in [1.82, 2.24) is 29.9 Å². The van der Waals surface area contributed by atoms with Crippen molar-refractivity contribution in [2.75, 3.05) is 0 Å². The Morgan fingerprint density at radius 1 is 1.21 bits per heavy atom. The van der Waals surface area contributed by atoms with Gasteiger partial charge in [-0.3, -0.25) is 5.10 Å². The number of benzene rings is 1. The fourth-order valence-electron chi connectivity index (χ4n) is 2.51. The van der Waals surface area contributed by atoms with Gasteiger partial charge in [-0.25, -0.2) is 19.4 Å². The van der Waals surface area contributed by atoms with E-state index in [0.29, 0.717) is 5.52 Å². The Hall–Kier alpha value is -3.47. The molecule has 4 aromatic rings. The zero-order chi connectivity index (χ0) is 19.2. The zero-order valence-corrected chi connectivity index (χ0v) is 14.5. The molecule has 0 fully saturated rings. The molecule has 0 aliphatic rings. The van der Waals surface area contributed by atoms with Crippen molar-refractivity contribution in [3.8, 4) is 17.3 Å². The summed E-state index contributed by atoms with van der Waals surface area (Å²) in [5.41, 5.74) is -0.301. The Morgan fingerprint density at radius 3 is 2.68 bits per heavy atom. The fourth-order valence-corrected chi connectivity index (χ4v) is 2.51. The quantitative estimate of drug-likeness (QED) is 0.536. The fraction of sp³-hybridized carbons (Fsp3) is 0.0625. The Bertz CT molecular complexity index is 1170. The van der Waals surface area contributed by atoms with Crippen molar-refractivity contribution < 1.29 is 23.1 Å². The van der Waals surface area contributed by atoms with Gasteiger partial charge in [-0.05, 0) is 18.2 Å². The maximum Gasteiger partial charge on any atom is 0.416 e. The highest BCUT2D eigenvalue weighted by Crippen LogP contribution is 2.33. The van der Waals surface area contributed by atoms with E-state index >= 15 is 0 Å². The minimum Gasteiger partial charge on any atom is -0.478 e. The molecule has 3 heterocycles. The molecule has 8 nitrogen and oxygen atoms in total. The number of aromatic amines is 1.